The van der Waals surface area contributed by atoms with E-state index < -0.39 is 42.1 Å². The Balaban J connectivity index is 2.70. The Morgan fingerprint density at radius 3 is 2.16 bits per heavy atom. The number of nitrogens with two attached hydrogens (primary N) is 1. The van der Waals surface area contributed by atoms with Crippen LogP contribution in [0.3, 0.4) is 0 Å². The second kappa shape index (κ2) is 13.0. The fourth-order valence-electron chi connectivity index (χ4n) is 3.15. The van der Waals surface area contributed by atoms with Crippen molar-refractivity contribution in [2.24, 2.45) is 17.6 Å². The minimum Gasteiger partial charge on any atom is -0.366 e. The van der Waals surface area contributed by atoms with E-state index in [9.17, 15) is 24.0 Å². The molecule has 1 unspecified atom stereocenters. The van der Waals surface area contributed by atoms with Crippen molar-refractivity contribution in [2.75, 3.05) is 13.1 Å². The van der Waals surface area contributed by atoms with Crippen molar-refractivity contribution in [1.29, 1.82) is 0 Å². The molecule has 11 heteroatoms. The Labute approximate surface area is 188 Å². The molecule has 32 heavy (non-hydrogen) atoms. The molecule has 0 radical (unpaired) electrons. The largest absolute Gasteiger partial charge is 0.366 e. The second-order valence-corrected chi connectivity index (χ2v) is 8.36. The highest BCUT2D eigenvalue weighted by Gasteiger charge is 2.30. The Kier molecular flexibility index (Phi) is 11.2. The van der Waals surface area contributed by atoms with Crippen LogP contribution in [0.1, 0.15) is 47.0 Å². The SMILES string of the molecule is CC(C)C(=O)[C@H](CCCNC(N)O)NC(=O)[C@@H](NC(=O)CCN1C(=O)C=CC1=O)C(C)C. The normalized spacial score (nSPS) is 16.4. The van der Waals surface area contributed by atoms with Gasteiger partial charge in [0.25, 0.3) is 11.8 Å². The molecule has 0 aromatic heterocycles. The third-order valence-corrected chi connectivity index (χ3v) is 4.98. The topological polar surface area (TPSA) is 171 Å². The average Bonchev–Trinajstić information content (AvgIpc) is 3.03. The number of rotatable bonds is 14. The van der Waals surface area contributed by atoms with Gasteiger partial charge in [-0.05, 0) is 25.3 Å². The monoisotopic (exact) mass is 453 g/mol. The molecule has 0 saturated carbocycles. The van der Waals surface area contributed by atoms with E-state index in [1.807, 2.05) is 0 Å². The van der Waals surface area contributed by atoms with Gasteiger partial charge in [0, 0.05) is 31.0 Å². The van der Waals surface area contributed by atoms with Gasteiger partial charge in [-0.1, -0.05) is 27.7 Å². The number of Topliss-reactive ketones (excluding diaryl/α,β-unsaturated/α-hetero) is 1. The first-order valence-electron chi connectivity index (χ1n) is 10.8. The highest BCUT2D eigenvalue weighted by atomic mass is 16.3. The zero-order valence-electron chi connectivity index (χ0n) is 19.1. The molecular weight excluding hydrogens is 418 g/mol. The van der Waals surface area contributed by atoms with Gasteiger partial charge in [-0.2, -0.15) is 0 Å². The van der Waals surface area contributed by atoms with Gasteiger partial charge < -0.3 is 15.7 Å². The van der Waals surface area contributed by atoms with E-state index in [0.29, 0.717) is 19.4 Å². The van der Waals surface area contributed by atoms with Crippen molar-refractivity contribution in [3.05, 3.63) is 12.2 Å². The number of carbonyl (C=O) groups excluding carboxylic acids is 5. The van der Waals surface area contributed by atoms with Crippen LogP contribution in [0, 0.1) is 11.8 Å². The maximum Gasteiger partial charge on any atom is 0.253 e. The first-order valence-corrected chi connectivity index (χ1v) is 10.8. The van der Waals surface area contributed by atoms with Crippen LogP contribution in [0.4, 0.5) is 0 Å². The number of aliphatic hydroxyl groups excluding tert-OH is 1. The number of aliphatic hydroxyl groups is 1. The lowest BCUT2D eigenvalue weighted by molar-refractivity contribution is -0.137. The van der Waals surface area contributed by atoms with Crippen molar-refractivity contribution in [3.8, 4) is 0 Å². The van der Waals surface area contributed by atoms with Crippen LogP contribution in [0.5, 0.6) is 0 Å². The first kappa shape index (κ1) is 27.4. The number of imide groups is 1. The standard InChI is InChI=1S/C21H35N5O6/c1-12(2)18(25-15(27)9-11-26-16(28)7-8-17(26)29)20(31)24-14(19(30)13(3)4)6-5-10-23-21(22)32/h7-8,12-14,18,21,23,32H,5-6,9-11,22H2,1-4H3,(H,24,31)(H,25,27)/t14-,18-,21?/m0/s1. The summed E-state index contributed by atoms with van der Waals surface area (Å²) in [6, 6.07) is -1.64. The summed E-state index contributed by atoms with van der Waals surface area (Å²) in [5, 5.41) is 17.1. The van der Waals surface area contributed by atoms with Crippen molar-refractivity contribution in [3.63, 3.8) is 0 Å². The first-order chi connectivity index (χ1) is 14.9. The molecule has 0 spiro atoms. The number of nitrogens with zero attached hydrogens (tertiary/aromatic N) is 1. The summed E-state index contributed by atoms with van der Waals surface area (Å²) in [6.07, 6.45) is 1.80. The number of ketones is 1. The van der Waals surface area contributed by atoms with E-state index in [2.05, 4.69) is 16.0 Å². The number of hydrogen-bond acceptors (Lipinski definition) is 8. The van der Waals surface area contributed by atoms with Crippen LogP contribution in [0.2, 0.25) is 0 Å². The number of amides is 4. The molecule has 1 heterocycles. The van der Waals surface area contributed by atoms with Gasteiger partial charge in [-0.15, -0.1) is 0 Å². The third kappa shape index (κ3) is 8.85. The molecule has 0 bridgehead atoms. The summed E-state index contributed by atoms with van der Waals surface area (Å²) in [6.45, 7) is 7.27. The van der Waals surface area contributed by atoms with Gasteiger partial charge in [0.05, 0.1) is 6.04 Å². The molecule has 6 N–H and O–H groups in total. The summed E-state index contributed by atoms with van der Waals surface area (Å²) in [5.74, 6) is -2.64. The van der Waals surface area contributed by atoms with Crippen LogP contribution < -0.4 is 21.7 Å². The van der Waals surface area contributed by atoms with E-state index in [1.165, 1.54) is 0 Å². The minimum atomic E-state index is -1.16. The van der Waals surface area contributed by atoms with Crippen LogP contribution >= 0.6 is 0 Å². The molecular formula is C21H35N5O6. The molecule has 1 rings (SSSR count). The van der Waals surface area contributed by atoms with E-state index >= 15 is 0 Å². The maximum absolute atomic E-state index is 12.9. The zero-order chi connectivity index (χ0) is 24.4. The molecule has 4 amide bonds. The molecule has 1 aliphatic rings. The van der Waals surface area contributed by atoms with E-state index in [-0.39, 0.29) is 30.6 Å². The fraction of sp³-hybridized carbons (Fsp3) is 0.667. The van der Waals surface area contributed by atoms with Crippen LogP contribution in [-0.2, 0) is 24.0 Å². The molecule has 0 aromatic rings. The lowest BCUT2D eigenvalue weighted by atomic mass is 9.96. The smallest absolute Gasteiger partial charge is 0.253 e. The van der Waals surface area contributed by atoms with E-state index in [4.69, 9.17) is 10.8 Å². The van der Waals surface area contributed by atoms with Crippen LogP contribution in [-0.4, -0.2) is 70.9 Å². The van der Waals surface area contributed by atoms with Crippen molar-refractivity contribution >= 4 is 29.4 Å². The highest BCUT2D eigenvalue weighted by molar-refractivity contribution is 6.13. The predicted octanol–water partition coefficient (Wildman–Crippen LogP) is -1.24. The summed E-state index contributed by atoms with van der Waals surface area (Å²) >= 11 is 0. The quantitative estimate of drug-likeness (QED) is 0.123. The Bertz CT molecular complexity index is 716. The summed E-state index contributed by atoms with van der Waals surface area (Å²) in [5.41, 5.74) is 5.22. The van der Waals surface area contributed by atoms with Crippen LogP contribution in [0.25, 0.3) is 0 Å². The second-order valence-electron chi connectivity index (χ2n) is 8.36. The van der Waals surface area contributed by atoms with Crippen molar-refractivity contribution < 1.29 is 29.1 Å². The van der Waals surface area contributed by atoms with Crippen molar-refractivity contribution in [2.45, 2.75) is 65.4 Å². The average molecular weight is 454 g/mol. The van der Waals surface area contributed by atoms with Gasteiger partial charge in [-0.3, -0.25) is 39.9 Å². The Morgan fingerprint density at radius 1 is 1.06 bits per heavy atom. The minimum absolute atomic E-state index is 0.0859. The van der Waals surface area contributed by atoms with E-state index in [0.717, 1.165) is 17.1 Å². The van der Waals surface area contributed by atoms with Gasteiger partial charge in [0.1, 0.15) is 6.04 Å². The lowest BCUT2D eigenvalue weighted by Gasteiger charge is -2.26. The Hall–Kier alpha value is -2.63. The summed E-state index contributed by atoms with van der Waals surface area (Å²) in [4.78, 5) is 61.9. The molecule has 1 aliphatic heterocycles. The molecule has 180 valence electrons. The summed E-state index contributed by atoms with van der Waals surface area (Å²) < 4.78 is 0. The number of nitrogens with one attached hydrogen (secondary N) is 3. The molecule has 0 aliphatic carbocycles. The van der Waals surface area contributed by atoms with Crippen LogP contribution in [0.15, 0.2) is 12.2 Å². The van der Waals surface area contributed by atoms with E-state index in [1.54, 1.807) is 27.7 Å². The van der Waals surface area contributed by atoms with Crippen molar-refractivity contribution in [1.82, 2.24) is 20.9 Å². The molecule has 3 atom stereocenters. The maximum atomic E-state index is 12.9. The van der Waals surface area contributed by atoms with Gasteiger partial charge >= 0.3 is 0 Å². The zero-order valence-corrected chi connectivity index (χ0v) is 19.1. The van der Waals surface area contributed by atoms with Gasteiger partial charge in [0.2, 0.25) is 11.8 Å². The fourth-order valence-corrected chi connectivity index (χ4v) is 3.15. The molecule has 0 saturated heterocycles. The molecule has 0 aromatic carbocycles. The van der Waals surface area contributed by atoms with Gasteiger partial charge in [-0.25, -0.2) is 0 Å². The summed E-state index contributed by atoms with van der Waals surface area (Å²) in [7, 11) is 0. The molecule has 11 nitrogen and oxygen atoms in total. The molecule has 0 fully saturated rings. The number of carbonyl (C=O) groups is 5. The predicted molar refractivity (Wildman–Crippen MR) is 116 cm³/mol. The highest BCUT2D eigenvalue weighted by Crippen LogP contribution is 2.10. The van der Waals surface area contributed by atoms with Gasteiger partial charge in [0.15, 0.2) is 12.1 Å². The Morgan fingerprint density at radius 2 is 1.66 bits per heavy atom. The number of hydrogen-bond donors (Lipinski definition) is 5. The lowest BCUT2D eigenvalue weighted by Crippen LogP contribution is -2.54. The third-order valence-electron chi connectivity index (χ3n) is 4.98.